The van der Waals surface area contributed by atoms with Crippen molar-refractivity contribution in [2.45, 2.75) is 59.5 Å². The van der Waals surface area contributed by atoms with E-state index in [0.717, 1.165) is 36.8 Å². The molecule has 7 nitrogen and oxygen atoms in total. The number of hydrogen-bond donors (Lipinski definition) is 3. The highest BCUT2D eigenvalue weighted by Gasteiger charge is 2.15. The summed E-state index contributed by atoms with van der Waals surface area (Å²) in [4.78, 5) is 21.7. The lowest BCUT2D eigenvalue weighted by Crippen LogP contribution is -2.40. The second kappa shape index (κ2) is 11.0. The molecule has 0 aliphatic heterocycles. The van der Waals surface area contributed by atoms with E-state index in [1.54, 1.807) is 18.4 Å². The first-order valence-corrected chi connectivity index (χ1v) is 9.93. The molecule has 8 heteroatoms. The van der Waals surface area contributed by atoms with Gasteiger partial charge in [0, 0.05) is 38.0 Å². The highest BCUT2D eigenvalue weighted by Crippen LogP contribution is 2.17. The fraction of sp³-hybridized carbons (Fsp3) is 0.722. The van der Waals surface area contributed by atoms with Crippen LogP contribution in [-0.2, 0) is 17.6 Å². The molecule has 0 saturated carbocycles. The zero-order chi connectivity index (χ0) is 19.6. The van der Waals surface area contributed by atoms with Crippen LogP contribution in [0.2, 0.25) is 0 Å². The lowest BCUT2D eigenvalue weighted by molar-refractivity contribution is 0.0527. The van der Waals surface area contributed by atoms with Crippen molar-refractivity contribution in [1.29, 1.82) is 0 Å². The number of carbonyl (C=O) groups excluding carboxylic acids is 1. The van der Waals surface area contributed by atoms with Crippen LogP contribution in [0.25, 0.3) is 0 Å². The molecule has 3 N–H and O–H groups in total. The van der Waals surface area contributed by atoms with Gasteiger partial charge in [0.05, 0.1) is 10.7 Å². The average Bonchev–Trinajstić information content (AvgIpc) is 2.91. The number of hydrogen-bond acceptors (Lipinski definition) is 5. The third kappa shape index (κ3) is 9.03. The summed E-state index contributed by atoms with van der Waals surface area (Å²) < 4.78 is 5.19. The number of thiazole rings is 1. The Morgan fingerprint density at radius 3 is 2.42 bits per heavy atom. The molecule has 0 bridgehead atoms. The van der Waals surface area contributed by atoms with Crippen LogP contribution < -0.4 is 16.0 Å². The molecule has 0 unspecified atom stereocenters. The zero-order valence-corrected chi connectivity index (χ0v) is 17.7. The highest BCUT2D eigenvalue weighted by molar-refractivity contribution is 7.11. The number of rotatable bonds is 8. The van der Waals surface area contributed by atoms with Crippen LogP contribution >= 0.6 is 11.3 Å². The van der Waals surface area contributed by atoms with Gasteiger partial charge >= 0.3 is 6.09 Å². The number of guanidine groups is 1. The summed E-state index contributed by atoms with van der Waals surface area (Å²) in [5.74, 6) is 0.756. The Labute approximate surface area is 161 Å². The lowest BCUT2D eigenvalue weighted by Gasteiger charge is -2.19. The van der Waals surface area contributed by atoms with Gasteiger partial charge in [-0.15, -0.1) is 11.3 Å². The maximum absolute atomic E-state index is 11.5. The van der Waals surface area contributed by atoms with E-state index < -0.39 is 5.60 Å². The van der Waals surface area contributed by atoms with Gasteiger partial charge < -0.3 is 20.7 Å². The third-order valence-corrected chi connectivity index (χ3v) is 4.51. The lowest BCUT2D eigenvalue weighted by atomic mass is 10.2. The van der Waals surface area contributed by atoms with Gasteiger partial charge in [-0.1, -0.05) is 6.92 Å². The number of amides is 1. The molecule has 0 atom stereocenters. The third-order valence-electron chi connectivity index (χ3n) is 3.44. The predicted molar refractivity (Wildman–Crippen MR) is 108 cm³/mol. The summed E-state index contributed by atoms with van der Waals surface area (Å²) in [6.45, 7) is 11.8. The summed E-state index contributed by atoms with van der Waals surface area (Å²) in [7, 11) is 1.75. The van der Waals surface area contributed by atoms with E-state index in [4.69, 9.17) is 4.74 Å². The Morgan fingerprint density at radius 1 is 1.19 bits per heavy atom. The smallest absolute Gasteiger partial charge is 0.407 e. The SMILES string of the molecule is CCc1nc(CCNC(=NC)NCCCNC(=O)OC(C)(C)C)sc1C. The number of nitrogens with one attached hydrogen (secondary N) is 3. The van der Waals surface area contributed by atoms with Crippen LogP contribution in [0.15, 0.2) is 4.99 Å². The van der Waals surface area contributed by atoms with E-state index >= 15 is 0 Å². The Bertz CT molecular complexity index is 593. The molecule has 0 aromatic carbocycles. The minimum atomic E-state index is -0.470. The van der Waals surface area contributed by atoms with Gasteiger partial charge in [0.1, 0.15) is 5.60 Å². The van der Waals surface area contributed by atoms with Crippen LogP contribution in [0.5, 0.6) is 0 Å². The molecule has 0 saturated heterocycles. The molecule has 0 spiro atoms. The van der Waals surface area contributed by atoms with E-state index in [0.29, 0.717) is 13.1 Å². The van der Waals surface area contributed by atoms with Crippen molar-refractivity contribution in [2.24, 2.45) is 4.99 Å². The van der Waals surface area contributed by atoms with E-state index in [1.165, 1.54) is 10.6 Å². The molecule has 1 rings (SSSR count). The normalized spacial score (nSPS) is 12.0. The molecule has 1 heterocycles. The standard InChI is InChI=1S/C18H33N5O2S/c1-7-14-13(2)26-15(23-14)9-12-21-16(19-6)20-10-8-11-22-17(24)25-18(3,4)5/h7-12H2,1-6H3,(H,22,24)(H2,19,20,21). The van der Waals surface area contributed by atoms with E-state index in [9.17, 15) is 4.79 Å². The Hall–Kier alpha value is -1.83. The number of carbonyl (C=O) groups is 1. The van der Waals surface area contributed by atoms with Crippen molar-refractivity contribution < 1.29 is 9.53 Å². The Kier molecular flexibility index (Phi) is 9.40. The first-order valence-electron chi connectivity index (χ1n) is 9.11. The van der Waals surface area contributed by atoms with Crippen molar-refractivity contribution in [3.8, 4) is 0 Å². The maximum Gasteiger partial charge on any atom is 0.407 e. The van der Waals surface area contributed by atoms with Crippen molar-refractivity contribution in [3.63, 3.8) is 0 Å². The number of nitrogens with zero attached hydrogens (tertiary/aromatic N) is 2. The molecule has 0 radical (unpaired) electrons. The number of aromatic nitrogens is 1. The van der Waals surface area contributed by atoms with Crippen molar-refractivity contribution in [2.75, 3.05) is 26.7 Å². The molecule has 1 aromatic heterocycles. The van der Waals surface area contributed by atoms with Gasteiger partial charge in [-0.25, -0.2) is 9.78 Å². The van der Waals surface area contributed by atoms with Crippen LogP contribution in [0.4, 0.5) is 4.79 Å². The van der Waals surface area contributed by atoms with Gasteiger partial charge in [-0.3, -0.25) is 4.99 Å². The van der Waals surface area contributed by atoms with Crippen LogP contribution in [0.1, 0.15) is 49.7 Å². The molecular formula is C18H33N5O2S. The van der Waals surface area contributed by atoms with Crippen LogP contribution in [0.3, 0.4) is 0 Å². The number of aliphatic imine (C=N–C) groups is 1. The average molecular weight is 384 g/mol. The fourth-order valence-corrected chi connectivity index (χ4v) is 3.25. The van der Waals surface area contributed by atoms with Gasteiger partial charge in [0.2, 0.25) is 0 Å². The van der Waals surface area contributed by atoms with E-state index in [2.05, 4.69) is 39.8 Å². The van der Waals surface area contributed by atoms with Gasteiger partial charge in [0.15, 0.2) is 5.96 Å². The van der Waals surface area contributed by atoms with Crippen LogP contribution in [0, 0.1) is 6.92 Å². The monoisotopic (exact) mass is 383 g/mol. The van der Waals surface area contributed by atoms with E-state index in [-0.39, 0.29) is 6.09 Å². The van der Waals surface area contributed by atoms with Crippen molar-refractivity contribution in [3.05, 3.63) is 15.6 Å². The highest BCUT2D eigenvalue weighted by atomic mass is 32.1. The molecule has 0 fully saturated rings. The largest absolute Gasteiger partial charge is 0.444 e. The van der Waals surface area contributed by atoms with Crippen molar-refractivity contribution in [1.82, 2.24) is 20.9 Å². The molecule has 1 amide bonds. The minimum absolute atomic E-state index is 0.384. The number of ether oxygens (including phenoxy) is 1. The quantitative estimate of drug-likeness (QED) is 0.365. The van der Waals surface area contributed by atoms with Gasteiger partial charge in [-0.2, -0.15) is 0 Å². The van der Waals surface area contributed by atoms with Crippen molar-refractivity contribution >= 4 is 23.4 Å². The Balaban J connectivity index is 2.18. The molecule has 148 valence electrons. The minimum Gasteiger partial charge on any atom is -0.444 e. The van der Waals surface area contributed by atoms with Gasteiger partial charge in [-0.05, 0) is 40.5 Å². The molecule has 1 aromatic rings. The molecule has 0 aliphatic rings. The van der Waals surface area contributed by atoms with E-state index in [1.807, 2.05) is 20.8 Å². The molecular weight excluding hydrogens is 350 g/mol. The van der Waals surface area contributed by atoms with Crippen LogP contribution in [-0.4, -0.2) is 49.3 Å². The maximum atomic E-state index is 11.5. The summed E-state index contributed by atoms with van der Waals surface area (Å²) >= 11 is 1.77. The first kappa shape index (κ1) is 22.2. The van der Waals surface area contributed by atoms with Gasteiger partial charge in [0.25, 0.3) is 0 Å². The predicted octanol–water partition coefficient (Wildman–Crippen LogP) is 2.64. The topological polar surface area (TPSA) is 87.6 Å². The summed E-state index contributed by atoms with van der Waals surface area (Å²) in [5.41, 5.74) is 0.729. The first-order chi connectivity index (χ1) is 12.2. The zero-order valence-electron chi connectivity index (χ0n) is 16.9. The number of aryl methyl sites for hydroxylation is 2. The number of alkyl carbamates (subject to hydrolysis) is 1. The summed E-state index contributed by atoms with van der Waals surface area (Å²) in [6.07, 6.45) is 2.26. The molecule has 0 aliphatic carbocycles. The Morgan fingerprint density at radius 2 is 1.85 bits per heavy atom. The fourth-order valence-electron chi connectivity index (χ4n) is 2.23. The second-order valence-electron chi connectivity index (χ2n) is 6.92. The second-order valence-corrected chi connectivity index (χ2v) is 8.21. The molecule has 26 heavy (non-hydrogen) atoms. The summed E-state index contributed by atoms with van der Waals surface area (Å²) in [6, 6.07) is 0. The summed E-state index contributed by atoms with van der Waals surface area (Å²) in [5, 5.41) is 10.4.